The van der Waals surface area contributed by atoms with Crippen LogP contribution < -0.4 is 26.0 Å². The minimum atomic E-state index is -0.684. The second kappa shape index (κ2) is 17.0. The number of benzene rings is 2. The molecule has 12 heteroatoms. The van der Waals surface area contributed by atoms with E-state index in [0.717, 1.165) is 25.7 Å². The number of nitrogens with zero attached hydrogens (tertiary/aromatic N) is 2. The minimum absolute atomic E-state index is 0.00223. The molecule has 0 spiro atoms. The zero-order chi connectivity index (χ0) is 33.6. The largest absolute Gasteiger partial charge is 0.423 e. The highest BCUT2D eigenvalue weighted by molar-refractivity contribution is 6.09. The van der Waals surface area contributed by atoms with E-state index in [4.69, 9.17) is 4.74 Å². The average molecular weight is 637 g/mol. The first-order valence-electron chi connectivity index (χ1n) is 15.3. The highest BCUT2D eigenvalue weighted by Gasteiger charge is 2.18. The highest BCUT2D eigenvalue weighted by atomic mass is 16.5. The highest BCUT2D eigenvalue weighted by Crippen LogP contribution is 2.22. The number of ether oxygens (including phenoxy) is 1. The maximum Gasteiger partial charge on any atom is 0.343 e. The van der Waals surface area contributed by atoms with Crippen molar-refractivity contribution in [2.45, 2.75) is 52.4 Å². The number of nitrogens with one attached hydrogen (secondary N) is 4. The van der Waals surface area contributed by atoms with Crippen LogP contribution in [-0.2, 0) is 9.59 Å². The van der Waals surface area contributed by atoms with Gasteiger partial charge in [-0.3, -0.25) is 19.2 Å². The Kier molecular flexibility index (Phi) is 12.3. The van der Waals surface area contributed by atoms with Gasteiger partial charge in [0, 0.05) is 24.0 Å². The van der Waals surface area contributed by atoms with E-state index in [1.165, 1.54) is 18.2 Å². The fourth-order valence-electron chi connectivity index (χ4n) is 4.27. The number of rotatable bonds is 14. The minimum Gasteiger partial charge on any atom is -0.423 e. The van der Waals surface area contributed by atoms with Crippen molar-refractivity contribution in [3.63, 3.8) is 0 Å². The zero-order valence-corrected chi connectivity index (χ0v) is 26.2. The van der Waals surface area contributed by atoms with Crippen molar-refractivity contribution in [3.05, 3.63) is 102 Å². The summed E-state index contributed by atoms with van der Waals surface area (Å²) in [5.74, 6) is -1.55. The molecular weight excluding hydrogens is 600 g/mol. The summed E-state index contributed by atoms with van der Waals surface area (Å²) in [7, 11) is 0. The molecule has 4 aromatic rings. The average Bonchev–Trinajstić information content (AvgIpc) is 3.07. The van der Waals surface area contributed by atoms with E-state index in [9.17, 15) is 24.0 Å². The normalized spacial score (nSPS) is 10.4. The zero-order valence-electron chi connectivity index (χ0n) is 26.2. The Morgan fingerprint density at radius 2 is 1.00 bits per heavy atom. The molecule has 47 heavy (non-hydrogen) atoms. The number of unbranched alkanes of at least 4 members (excludes halogenated alkanes) is 2. The van der Waals surface area contributed by atoms with Gasteiger partial charge in [0.25, 0.3) is 11.8 Å². The fourth-order valence-corrected chi connectivity index (χ4v) is 4.27. The number of aromatic nitrogens is 2. The van der Waals surface area contributed by atoms with Gasteiger partial charge in [0.1, 0.15) is 29.0 Å². The molecule has 4 rings (SSSR count). The SMILES string of the molecule is CCCCC(=O)Nc1cccc(NC(=O)c2cc(OC(=O)c3ccccc3)cc(C(=O)Nc3cccc(NC(=O)CCCC)n3)c2)n1. The number of carbonyl (C=O) groups is 5. The molecule has 0 saturated heterocycles. The summed E-state index contributed by atoms with van der Waals surface area (Å²) in [5.41, 5.74) is 0.271. The molecule has 0 aliphatic heterocycles. The second-order valence-corrected chi connectivity index (χ2v) is 10.5. The van der Waals surface area contributed by atoms with Crippen LogP contribution in [0.4, 0.5) is 23.3 Å². The molecule has 242 valence electrons. The van der Waals surface area contributed by atoms with Gasteiger partial charge in [-0.2, -0.15) is 0 Å². The van der Waals surface area contributed by atoms with E-state index < -0.39 is 17.8 Å². The number of hydrogen-bond donors (Lipinski definition) is 4. The lowest BCUT2D eigenvalue weighted by Gasteiger charge is -2.12. The lowest BCUT2D eigenvalue weighted by atomic mass is 10.1. The van der Waals surface area contributed by atoms with Crippen LogP contribution in [0.3, 0.4) is 0 Å². The van der Waals surface area contributed by atoms with Gasteiger partial charge in [-0.15, -0.1) is 0 Å². The van der Waals surface area contributed by atoms with Crippen LogP contribution in [0, 0.1) is 0 Å². The molecule has 0 unspecified atom stereocenters. The number of esters is 1. The lowest BCUT2D eigenvalue weighted by molar-refractivity contribution is -0.117. The van der Waals surface area contributed by atoms with Gasteiger partial charge < -0.3 is 26.0 Å². The Balaban J connectivity index is 1.56. The van der Waals surface area contributed by atoms with Crippen molar-refractivity contribution in [2.24, 2.45) is 0 Å². The van der Waals surface area contributed by atoms with Crippen LogP contribution in [0.5, 0.6) is 5.75 Å². The third-order valence-electron chi connectivity index (χ3n) is 6.68. The fraction of sp³-hybridized carbons (Fsp3) is 0.229. The molecule has 0 aliphatic rings. The summed E-state index contributed by atoms with van der Waals surface area (Å²) >= 11 is 0. The van der Waals surface area contributed by atoms with Gasteiger partial charge in [0.05, 0.1) is 5.56 Å². The molecule has 4 N–H and O–H groups in total. The van der Waals surface area contributed by atoms with Crippen molar-refractivity contribution in [2.75, 3.05) is 21.3 Å². The summed E-state index contributed by atoms with van der Waals surface area (Å²) in [6.45, 7) is 3.97. The summed E-state index contributed by atoms with van der Waals surface area (Å²) in [5, 5.41) is 10.7. The number of anilines is 4. The van der Waals surface area contributed by atoms with Crippen molar-refractivity contribution in [1.82, 2.24) is 9.97 Å². The Labute approximate surface area is 272 Å². The monoisotopic (exact) mass is 636 g/mol. The molecule has 4 amide bonds. The molecule has 2 heterocycles. The summed E-state index contributed by atoms with van der Waals surface area (Å²) in [4.78, 5) is 72.5. The van der Waals surface area contributed by atoms with Crippen molar-refractivity contribution >= 4 is 52.9 Å². The lowest BCUT2D eigenvalue weighted by Crippen LogP contribution is -2.19. The Hall–Kier alpha value is -5.91. The first-order chi connectivity index (χ1) is 22.7. The Morgan fingerprint density at radius 1 is 0.553 bits per heavy atom. The van der Waals surface area contributed by atoms with E-state index in [0.29, 0.717) is 12.8 Å². The van der Waals surface area contributed by atoms with Crippen molar-refractivity contribution in [3.8, 4) is 5.75 Å². The maximum absolute atomic E-state index is 13.4. The van der Waals surface area contributed by atoms with Crippen LogP contribution in [0.1, 0.15) is 83.4 Å². The van der Waals surface area contributed by atoms with Crippen LogP contribution in [0.15, 0.2) is 84.9 Å². The first kappa shape index (κ1) is 34.0. The molecule has 2 aromatic carbocycles. The third kappa shape index (κ3) is 10.6. The number of carbonyl (C=O) groups excluding carboxylic acids is 5. The Morgan fingerprint density at radius 3 is 1.45 bits per heavy atom. The quantitative estimate of drug-likeness (QED) is 0.0903. The number of pyridine rings is 2. The van der Waals surface area contributed by atoms with Gasteiger partial charge in [-0.1, -0.05) is 57.0 Å². The van der Waals surface area contributed by atoms with Crippen molar-refractivity contribution < 1.29 is 28.7 Å². The number of hydrogen-bond acceptors (Lipinski definition) is 8. The molecule has 0 fully saturated rings. The standard InChI is InChI=1S/C35H36N6O6/c1-3-5-18-31(42)38-27-14-10-16-29(36-27)40-33(44)24-20-25(22-26(21-24)47-35(46)23-12-8-7-9-13-23)34(45)41-30-17-11-15-28(37-30)39-32(43)19-6-4-2/h7-17,20-22H,3-6,18-19H2,1-2H3,(H2,36,38,40,42,44)(H2,37,39,41,43,45). The van der Waals surface area contributed by atoms with E-state index in [-0.39, 0.29) is 57.5 Å². The predicted molar refractivity (Wildman–Crippen MR) is 179 cm³/mol. The summed E-state index contributed by atoms with van der Waals surface area (Å²) in [6, 6.07) is 21.8. The predicted octanol–water partition coefficient (Wildman–Crippen LogP) is 6.46. The molecule has 0 bridgehead atoms. The van der Waals surface area contributed by atoms with Gasteiger partial charge in [0.2, 0.25) is 11.8 Å². The van der Waals surface area contributed by atoms with E-state index in [1.54, 1.807) is 66.7 Å². The van der Waals surface area contributed by atoms with Gasteiger partial charge in [-0.05, 0) is 67.4 Å². The molecule has 0 aliphatic carbocycles. The molecule has 0 saturated carbocycles. The summed E-state index contributed by atoms with van der Waals surface area (Å²) < 4.78 is 5.55. The molecule has 2 aromatic heterocycles. The molecular formula is C35H36N6O6. The molecule has 0 atom stereocenters. The van der Waals surface area contributed by atoms with Gasteiger partial charge in [0.15, 0.2) is 0 Å². The van der Waals surface area contributed by atoms with Crippen LogP contribution >= 0.6 is 0 Å². The van der Waals surface area contributed by atoms with E-state index in [1.807, 2.05) is 13.8 Å². The first-order valence-corrected chi connectivity index (χ1v) is 15.3. The smallest absolute Gasteiger partial charge is 0.343 e. The van der Waals surface area contributed by atoms with E-state index in [2.05, 4.69) is 31.2 Å². The van der Waals surface area contributed by atoms with Crippen LogP contribution in [0.25, 0.3) is 0 Å². The summed E-state index contributed by atoms with van der Waals surface area (Å²) in [6.07, 6.45) is 3.91. The second-order valence-electron chi connectivity index (χ2n) is 10.5. The maximum atomic E-state index is 13.4. The third-order valence-corrected chi connectivity index (χ3v) is 6.68. The van der Waals surface area contributed by atoms with Gasteiger partial charge in [-0.25, -0.2) is 14.8 Å². The topological polar surface area (TPSA) is 168 Å². The van der Waals surface area contributed by atoms with Crippen LogP contribution in [-0.4, -0.2) is 39.6 Å². The van der Waals surface area contributed by atoms with E-state index >= 15 is 0 Å². The Bertz CT molecular complexity index is 1650. The molecule has 12 nitrogen and oxygen atoms in total. The molecule has 0 radical (unpaired) electrons. The van der Waals surface area contributed by atoms with Crippen molar-refractivity contribution in [1.29, 1.82) is 0 Å². The van der Waals surface area contributed by atoms with Gasteiger partial charge >= 0.3 is 5.97 Å². The number of amides is 4. The van der Waals surface area contributed by atoms with Crippen LogP contribution in [0.2, 0.25) is 0 Å².